The van der Waals surface area contributed by atoms with Gasteiger partial charge in [0, 0.05) is 30.5 Å². The number of benzene rings is 2. The van der Waals surface area contributed by atoms with Crippen molar-refractivity contribution in [3.8, 4) is 23.0 Å². The fourth-order valence-corrected chi connectivity index (χ4v) is 3.50. The Morgan fingerprint density at radius 2 is 1.57 bits per heavy atom. The number of likely N-dealkylation sites (N-methyl/N-ethyl adjacent to an activating group) is 1. The average Bonchev–Trinajstić information content (AvgIpc) is 2.88. The zero-order chi connectivity index (χ0) is 16.7. The number of aromatic hydroxyl groups is 4. The van der Waals surface area contributed by atoms with Gasteiger partial charge in [-0.25, -0.2) is 0 Å². The minimum atomic E-state index is -0.185. The van der Waals surface area contributed by atoms with E-state index in [4.69, 9.17) is 11.6 Å². The van der Waals surface area contributed by atoms with Gasteiger partial charge in [-0.3, -0.25) is 0 Å². The van der Waals surface area contributed by atoms with Gasteiger partial charge in [-0.15, -0.1) is 0 Å². The average molecular weight is 336 g/mol. The van der Waals surface area contributed by atoms with Gasteiger partial charge < -0.3 is 25.3 Å². The fourth-order valence-electron chi connectivity index (χ4n) is 3.34. The predicted octanol–water partition coefficient (Wildman–Crippen LogP) is 2.98. The third-order valence-corrected chi connectivity index (χ3v) is 4.75. The van der Waals surface area contributed by atoms with Crippen molar-refractivity contribution in [1.29, 1.82) is 0 Å². The van der Waals surface area contributed by atoms with E-state index >= 15 is 0 Å². The van der Waals surface area contributed by atoms with Crippen molar-refractivity contribution in [1.82, 2.24) is 4.90 Å². The molecule has 1 fully saturated rings. The molecule has 3 rings (SSSR count). The molecule has 5 nitrogen and oxygen atoms in total. The highest BCUT2D eigenvalue weighted by Gasteiger charge is 2.37. The van der Waals surface area contributed by atoms with Crippen LogP contribution in [0, 0.1) is 0 Å². The summed E-state index contributed by atoms with van der Waals surface area (Å²) in [6, 6.07) is 7.63. The molecule has 23 heavy (non-hydrogen) atoms. The Balaban J connectivity index is 2.07. The van der Waals surface area contributed by atoms with Crippen LogP contribution in [0.2, 0.25) is 5.02 Å². The third kappa shape index (κ3) is 2.78. The van der Waals surface area contributed by atoms with Crippen molar-refractivity contribution in [3.63, 3.8) is 0 Å². The van der Waals surface area contributed by atoms with Crippen molar-refractivity contribution < 1.29 is 20.4 Å². The molecule has 1 aliphatic rings. The van der Waals surface area contributed by atoms with Crippen molar-refractivity contribution in [2.75, 3.05) is 20.1 Å². The molecule has 0 aromatic heterocycles. The molecule has 4 N–H and O–H groups in total. The molecule has 2 unspecified atom stereocenters. The SMILES string of the molecule is CN1CC(c2ccc(O)c(O)c2)C(c2c(O)ccc(Cl)c2O)C1. The highest BCUT2D eigenvalue weighted by atomic mass is 35.5. The molecule has 2 atom stereocenters. The molecule has 0 saturated carbocycles. The van der Waals surface area contributed by atoms with Gasteiger partial charge in [0.1, 0.15) is 11.5 Å². The number of rotatable bonds is 2. The molecule has 2 aromatic carbocycles. The Bertz CT molecular complexity index is 750. The van der Waals surface area contributed by atoms with Gasteiger partial charge in [-0.1, -0.05) is 17.7 Å². The summed E-state index contributed by atoms with van der Waals surface area (Å²) in [5, 5.41) is 39.9. The van der Waals surface area contributed by atoms with Crippen LogP contribution in [-0.4, -0.2) is 45.5 Å². The second-order valence-corrected chi connectivity index (χ2v) is 6.42. The summed E-state index contributed by atoms with van der Waals surface area (Å²) in [5.41, 5.74) is 1.24. The lowest BCUT2D eigenvalue weighted by atomic mass is 9.83. The zero-order valence-electron chi connectivity index (χ0n) is 12.6. The van der Waals surface area contributed by atoms with Crippen molar-refractivity contribution in [2.45, 2.75) is 11.8 Å². The lowest BCUT2D eigenvalue weighted by molar-refractivity contribution is 0.398. The Hall–Kier alpha value is -2.11. The molecule has 1 heterocycles. The first-order valence-electron chi connectivity index (χ1n) is 7.29. The van der Waals surface area contributed by atoms with Crippen LogP contribution in [0.5, 0.6) is 23.0 Å². The summed E-state index contributed by atoms with van der Waals surface area (Å²) in [6.07, 6.45) is 0. The molecule has 2 aromatic rings. The van der Waals surface area contributed by atoms with E-state index in [1.165, 1.54) is 24.3 Å². The molecule has 6 heteroatoms. The Morgan fingerprint density at radius 3 is 2.26 bits per heavy atom. The van der Waals surface area contributed by atoms with Gasteiger partial charge in [-0.05, 0) is 36.9 Å². The largest absolute Gasteiger partial charge is 0.508 e. The highest BCUT2D eigenvalue weighted by Crippen LogP contribution is 2.48. The van der Waals surface area contributed by atoms with E-state index in [1.807, 2.05) is 7.05 Å². The molecule has 0 amide bonds. The minimum absolute atomic E-state index is 0.000185. The maximum atomic E-state index is 10.3. The maximum absolute atomic E-state index is 10.3. The summed E-state index contributed by atoms with van der Waals surface area (Å²) < 4.78 is 0. The first-order valence-corrected chi connectivity index (χ1v) is 7.67. The zero-order valence-corrected chi connectivity index (χ0v) is 13.3. The lowest BCUT2D eigenvalue weighted by Crippen LogP contribution is -2.13. The van der Waals surface area contributed by atoms with Crippen LogP contribution in [-0.2, 0) is 0 Å². The van der Waals surface area contributed by atoms with Crippen LogP contribution in [0.1, 0.15) is 23.0 Å². The van der Waals surface area contributed by atoms with Gasteiger partial charge in [0.25, 0.3) is 0 Å². The number of phenols is 4. The van der Waals surface area contributed by atoms with Crippen LogP contribution in [0.15, 0.2) is 30.3 Å². The minimum Gasteiger partial charge on any atom is -0.508 e. The topological polar surface area (TPSA) is 84.2 Å². The second kappa shape index (κ2) is 5.83. The summed E-state index contributed by atoms with van der Waals surface area (Å²) in [6.45, 7) is 1.33. The van der Waals surface area contributed by atoms with Crippen molar-refractivity contribution >= 4 is 11.6 Å². The van der Waals surface area contributed by atoms with E-state index in [9.17, 15) is 20.4 Å². The standard InChI is InChI=1S/C17H18ClNO4/c1-19-7-10(9-2-4-13(20)15(22)6-9)11(8-19)16-14(21)5-3-12(18)17(16)23/h2-6,10-11,20-23H,7-8H2,1H3. The fraction of sp³-hybridized carbons (Fsp3) is 0.294. The van der Waals surface area contributed by atoms with Crippen LogP contribution in [0.25, 0.3) is 0 Å². The quantitative estimate of drug-likeness (QED) is 0.634. The lowest BCUT2D eigenvalue weighted by Gasteiger charge is -2.22. The van der Waals surface area contributed by atoms with E-state index in [-0.39, 0.29) is 39.9 Å². The monoisotopic (exact) mass is 335 g/mol. The van der Waals surface area contributed by atoms with Crippen LogP contribution in [0.4, 0.5) is 0 Å². The predicted molar refractivity (Wildman–Crippen MR) is 87.5 cm³/mol. The Kier molecular flexibility index (Phi) is 4.00. The summed E-state index contributed by atoms with van der Waals surface area (Å²) >= 11 is 5.99. The highest BCUT2D eigenvalue weighted by molar-refractivity contribution is 6.32. The van der Waals surface area contributed by atoms with Gasteiger partial charge in [0.15, 0.2) is 11.5 Å². The van der Waals surface area contributed by atoms with Gasteiger partial charge >= 0.3 is 0 Å². The summed E-state index contributed by atoms with van der Waals surface area (Å²) in [4.78, 5) is 2.08. The van der Waals surface area contributed by atoms with E-state index in [0.29, 0.717) is 18.7 Å². The number of likely N-dealkylation sites (tertiary alicyclic amines) is 1. The Labute approximate surface area is 139 Å². The molecule has 1 saturated heterocycles. The van der Waals surface area contributed by atoms with Gasteiger partial charge in [-0.2, -0.15) is 0 Å². The van der Waals surface area contributed by atoms with Crippen LogP contribution in [0.3, 0.4) is 0 Å². The molecule has 0 radical (unpaired) electrons. The molecule has 0 aliphatic carbocycles. The van der Waals surface area contributed by atoms with Gasteiger partial charge in [0.05, 0.1) is 5.02 Å². The number of hydrogen-bond acceptors (Lipinski definition) is 5. The van der Waals surface area contributed by atoms with E-state index in [0.717, 1.165) is 5.56 Å². The molecular weight excluding hydrogens is 318 g/mol. The number of halogens is 1. The van der Waals surface area contributed by atoms with Gasteiger partial charge in [0.2, 0.25) is 0 Å². The van der Waals surface area contributed by atoms with E-state index < -0.39 is 0 Å². The molecule has 0 bridgehead atoms. The normalized spacial score (nSPS) is 21.7. The number of phenolic OH excluding ortho intramolecular Hbond substituents is 4. The summed E-state index contributed by atoms with van der Waals surface area (Å²) in [7, 11) is 1.95. The number of hydrogen-bond donors (Lipinski definition) is 4. The molecule has 0 spiro atoms. The maximum Gasteiger partial charge on any atom is 0.157 e. The van der Waals surface area contributed by atoms with Crippen LogP contribution >= 0.6 is 11.6 Å². The smallest absolute Gasteiger partial charge is 0.157 e. The summed E-state index contributed by atoms with van der Waals surface area (Å²) in [5.74, 6) is -0.704. The molecular formula is C17H18ClNO4. The van der Waals surface area contributed by atoms with E-state index in [1.54, 1.807) is 6.07 Å². The number of nitrogens with zero attached hydrogens (tertiary/aromatic N) is 1. The van der Waals surface area contributed by atoms with Crippen molar-refractivity contribution in [2.24, 2.45) is 0 Å². The van der Waals surface area contributed by atoms with Crippen LogP contribution < -0.4 is 0 Å². The first kappa shape index (κ1) is 15.8. The second-order valence-electron chi connectivity index (χ2n) is 6.01. The van der Waals surface area contributed by atoms with E-state index in [2.05, 4.69) is 4.90 Å². The Morgan fingerprint density at radius 1 is 0.913 bits per heavy atom. The third-order valence-electron chi connectivity index (χ3n) is 4.45. The van der Waals surface area contributed by atoms with Crippen molar-refractivity contribution in [3.05, 3.63) is 46.5 Å². The molecule has 1 aliphatic heterocycles. The molecule has 122 valence electrons. The first-order chi connectivity index (χ1) is 10.9.